The third-order valence-corrected chi connectivity index (χ3v) is 3.47. The SMILES string of the molecule is CN(CC1=NN(C2CCCOC2)C(=O)C1)C(=O)OC(C)(C)C. The highest BCUT2D eigenvalue weighted by Crippen LogP contribution is 2.20. The Bertz CT molecular complexity index is 464. The van der Waals surface area contributed by atoms with E-state index in [2.05, 4.69) is 5.10 Å². The Morgan fingerprint density at radius 2 is 2.23 bits per heavy atom. The number of amides is 2. The van der Waals surface area contributed by atoms with Gasteiger partial charge in [-0.25, -0.2) is 9.80 Å². The molecule has 0 aromatic rings. The first-order valence-corrected chi connectivity index (χ1v) is 7.66. The van der Waals surface area contributed by atoms with Crippen LogP contribution in [0.15, 0.2) is 5.10 Å². The summed E-state index contributed by atoms with van der Waals surface area (Å²) in [5, 5.41) is 5.91. The lowest BCUT2D eigenvalue weighted by molar-refractivity contribution is -0.133. The van der Waals surface area contributed by atoms with Gasteiger partial charge in [-0.2, -0.15) is 5.10 Å². The first kappa shape index (κ1) is 16.7. The van der Waals surface area contributed by atoms with Gasteiger partial charge in [0.1, 0.15) is 5.60 Å². The van der Waals surface area contributed by atoms with Gasteiger partial charge in [0.05, 0.1) is 31.3 Å². The molecule has 0 bridgehead atoms. The fourth-order valence-corrected chi connectivity index (χ4v) is 2.47. The molecular weight excluding hydrogens is 286 g/mol. The molecule has 1 fully saturated rings. The molecule has 0 saturated carbocycles. The van der Waals surface area contributed by atoms with E-state index in [0.29, 0.717) is 18.9 Å². The summed E-state index contributed by atoms with van der Waals surface area (Å²) in [4.78, 5) is 25.5. The van der Waals surface area contributed by atoms with Crippen LogP contribution in [0, 0.1) is 0 Å². The molecule has 0 radical (unpaired) electrons. The summed E-state index contributed by atoms with van der Waals surface area (Å²) in [7, 11) is 1.65. The number of rotatable bonds is 3. The molecule has 0 aliphatic carbocycles. The molecule has 0 aromatic heterocycles. The molecule has 2 amide bonds. The Balaban J connectivity index is 1.92. The molecule has 22 heavy (non-hydrogen) atoms. The fourth-order valence-electron chi connectivity index (χ4n) is 2.47. The van der Waals surface area contributed by atoms with E-state index in [4.69, 9.17) is 9.47 Å². The lowest BCUT2D eigenvalue weighted by Gasteiger charge is -2.27. The first-order valence-electron chi connectivity index (χ1n) is 7.66. The molecule has 1 atom stereocenters. The largest absolute Gasteiger partial charge is 0.444 e. The normalized spacial score (nSPS) is 22.5. The zero-order chi connectivity index (χ0) is 16.3. The standard InChI is InChI=1S/C15H25N3O4/c1-15(2,3)22-14(20)17(4)9-11-8-13(19)18(16-11)12-6-5-7-21-10-12/h12H,5-10H2,1-4H3. The van der Waals surface area contributed by atoms with Crippen molar-refractivity contribution in [1.29, 1.82) is 0 Å². The number of hydrazone groups is 1. The molecule has 0 N–H and O–H groups in total. The van der Waals surface area contributed by atoms with Crippen molar-refractivity contribution in [2.24, 2.45) is 5.10 Å². The van der Waals surface area contributed by atoms with Crippen molar-refractivity contribution in [3.63, 3.8) is 0 Å². The van der Waals surface area contributed by atoms with E-state index >= 15 is 0 Å². The van der Waals surface area contributed by atoms with E-state index in [0.717, 1.165) is 19.4 Å². The molecule has 1 saturated heterocycles. The second-order valence-corrected chi connectivity index (χ2v) is 6.79. The number of ether oxygens (including phenoxy) is 2. The van der Waals surface area contributed by atoms with Crippen molar-refractivity contribution >= 4 is 17.7 Å². The van der Waals surface area contributed by atoms with Crippen molar-refractivity contribution < 1.29 is 19.1 Å². The number of hydrogen-bond donors (Lipinski definition) is 0. The fraction of sp³-hybridized carbons (Fsp3) is 0.800. The summed E-state index contributed by atoms with van der Waals surface area (Å²) in [5.74, 6) is -0.0249. The quantitative estimate of drug-likeness (QED) is 0.794. The highest BCUT2D eigenvalue weighted by atomic mass is 16.6. The number of hydrogen-bond acceptors (Lipinski definition) is 5. The first-order chi connectivity index (χ1) is 10.3. The predicted molar refractivity (Wildman–Crippen MR) is 81.6 cm³/mol. The van der Waals surface area contributed by atoms with Crippen LogP contribution in [0.4, 0.5) is 4.79 Å². The summed E-state index contributed by atoms with van der Waals surface area (Å²) in [6.07, 6.45) is 1.69. The smallest absolute Gasteiger partial charge is 0.410 e. The summed E-state index contributed by atoms with van der Waals surface area (Å²) < 4.78 is 10.7. The van der Waals surface area contributed by atoms with Crippen LogP contribution in [0.1, 0.15) is 40.0 Å². The minimum atomic E-state index is -0.538. The van der Waals surface area contributed by atoms with Gasteiger partial charge >= 0.3 is 6.09 Å². The summed E-state index contributed by atoms with van der Waals surface area (Å²) in [6.45, 7) is 7.03. The Morgan fingerprint density at radius 3 is 2.82 bits per heavy atom. The maximum atomic E-state index is 12.1. The summed E-state index contributed by atoms with van der Waals surface area (Å²) in [5.41, 5.74) is 0.147. The molecular formula is C15H25N3O4. The van der Waals surface area contributed by atoms with Gasteiger partial charge in [-0.1, -0.05) is 0 Å². The zero-order valence-electron chi connectivity index (χ0n) is 13.8. The van der Waals surface area contributed by atoms with Crippen molar-refractivity contribution in [3.8, 4) is 0 Å². The van der Waals surface area contributed by atoms with Crippen LogP contribution in [0.25, 0.3) is 0 Å². The topological polar surface area (TPSA) is 71.4 Å². The average molecular weight is 311 g/mol. The van der Waals surface area contributed by atoms with Crippen molar-refractivity contribution in [2.75, 3.05) is 26.8 Å². The van der Waals surface area contributed by atoms with Gasteiger partial charge in [0, 0.05) is 13.7 Å². The Morgan fingerprint density at radius 1 is 1.50 bits per heavy atom. The monoisotopic (exact) mass is 311 g/mol. The Kier molecular flexibility index (Phi) is 5.05. The van der Waals surface area contributed by atoms with E-state index in [1.807, 2.05) is 20.8 Å². The van der Waals surface area contributed by atoms with Crippen molar-refractivity contribution in [2.45, 2.75) is 51.7 Å². The minimum Gasteiger partial charge on any atom is -0.444 e. The lowest BCUT2D eigenvalue weighted by atomic mass is 10.1. The van der Waals surface area contributed by atoms with Gasteiger partial charge in [-0.05, 0) is 33.6 Å². The third-order valence-electron chi connectivity index (χ3n) is 3.47. The second-order valence-electron chi connectivity index (χ2n) is 6.79. The molecule has 0 spiro atoms. The van der Waals surface area contributed by atoms with Gasteiger partial charge in [0.2, 0.25) is 5.91 Å². The average Bonchev–Trinajstić information content (AvgIpc) is 2.78. The van der Waals surface area contributed by atoms with E-state index in [1.165, 1.54) is 9.91 Å². The molecule has 2 rings (SSSR count). The molecule has 0 aromatic carbocycles. The van der Waals surface area contributed by atoms with E-state index in [1.54, 1.807) is 7.05 Å². The van der Waals surface area contributed by atoms with Crippen LogP contribution in [0.5, 0.6) is 0 Å². The molecule has 1 unspecified atom stereocenters. The Hall–Kier alpha value is -1.63. The number of nitrogens with zero attached hydrogens (tertiary/aromatic N) is 3. The van der Waals surface area contributed by atoms with Gasteiger partial charge < -0.3 is 14.4 Å². The lowest BCUT2D eigenvalue weighted by Crippen LogP contribution is -2.39. The van der Waals surface area contributed by atoms with Crippen LogP contribution in [0.3, 0.4) is 0 Å². The minimum absolute atomic E-state index is 0.0191. The Labute approximate surface area is 131 Å². The second kappa shape index (κ2) is 6.64. The molecule has 2 heterocycles. The molecule has 124 valence electrons. The third kappa shape index (κ3) is 4.43. The van der Waals surface area contributed by atoms with Gasteiger partial charge in [0.25, 0.3) is 0 Å². The zero-order valence-corrected chi connectivity index (χ0v) is 13.8. The van der Waals surface area contributed by atoms with Crippen LogP contribution in [0.2, 0.25) is 0 Å². The van der Waals surface area contributed by atoms with Crippen molar-refractivity contribution in [3.05, 3.63) is 0 Å². The van der Waals surface area contributed by atoms with Crippen LogP contribution < -0.4 is 0 Å². The van der Waals surface area contributed by atoms with Gasteiger partial charge in [-0.15, -0.1) is 0 Å². The maximum absolute atomic E-state index is 12.1. The molecule has 7 heteroatoms. The maximum Gasteiger partial charge on any atom is 0.410 e. The number of carbonyl (C=O) groups is 2. The highest BCUT2D eigenvalue weighted by Gasteiger charge is 2.32. The molecule has 2 aliphatic heterocycles. The predicted octanol–water partition coefficient (Wildman–Crippen LogP) is 1.62. The van der Waals surface area contributed by atoms with Gasteiger partial charge in [0.15, 0.2) is 0 Å². The summed E-state index contributed by atoms with van der Waals surface area (Å²) in [6, 6.07) is 0.0191. The van der Waals surface area contributed by atoms with Crippen LogP contribution in [-0.4, -0.2) is 66.1 Å². The van der Waals surface area contributed by atoms with Crippen molar-refractivity contribution in [1.82, 2.24) is 9.91 Å². The van der Waals surface area contributed by atoms with E-state index < -0.39 is 11.7 Å². The van der Waals surface area contributed by atoms with Crippen LogP contribution in [-0.2, 0) is 14.3 Å². The highest BCUT2D eigenvalue weighted by molar-refractivity contribution is 6.06. The molecule has 7 nitrogen and oxygen atoms in total. The summed E-state index contributed by atoms with van der Waals surface area (Å²) >= 11 is 0. The number of carbonyl (C=O) groups excluding carboxylic acids is 2. The van der Waals surface area contributed by atoms with E-state index in [9.17, 15) is 9.59 Å². The van der Waals surface area contributed by atoms with E-state index in [-0.39, 0.29) is 18.4 Å². The molecule has 2 aliphatic rings. The van der Waals surface area contributed by atoms with Crippen LogP contribution >= 0.6 is 0 Å². The van der Waals surface area contributed by atoms with Gasteiger partial charge in [-0.3, -0.25) is 4.79 Å².